The fraction of sp³-hybridized carbons (Fsp3) is 0.222. The molecule has 0 N–H and O–H groups in total. The second kappa shape index (κ2) is 4.77. The van der Waals surface area contributed by atoms with Crippen LogP contribution >= 0.6 is 27.7 Å². The molecule has 0 aromatic heterocycles. The fourth-order valence-electron chi connectivity index (χ4n) is 0.752. The van der Waals surface area contributed by atoms with Crippen LogP contribution in [0.5, 0.6) is 0 Å². The molecular formula is C9H8BrFOS. The minimum absolute atomic E-state index is 0.116. The highest BCUT2D eigenvalue weighted by Gasteiger charge is 2.01. The lowest BCUT2D eigenvalue weighted by Gasteiger charge is -2.00. The molecule has 0 heterocycles. The van der Waals surface area contributed by atoms with E-state index in [0.717, 1.165) is 4.90 Å². The molecule has 0 unspecified atom stereocenters. The Kier molecular flexibility index (Phi) is 3.93. The molecule has 1 rings (SSSR count). The van der Waals surface area contributed by atoms with Gasteiger partial charge in [-0.2, -0.15) is 0 Å². The Bertz CT molecular complexity index is 327. The summed E-state index contributed by atoms with van der Waals surface area (Å²) < 4.78 is 13.2. The number of hydrogen-bond donors (Lipinski definition) is 0. The predicted octanol–water partition coefficient (Wildman–Crippen LogP) is 3.27. The van der Waals surface area contributed by atoms with Gasteiger partial charge in [-0.05, 0) is 41.1 Å². The summed E-state index contributed by atoms with van der Waals surface area (Å²) in [5.41, 5.74) is 0. The molecular weight excluding hydrogens is 255 g/mol. The number of carbonyl (C=O) groups excluding carboxylic acids is 1. The maximum atomic E-state index is 12.8. The minimum atomic E-state index is -0.285. The summed E-state index contributed by atoms with van der Waals surface area (Å²) in [4.78, 5) is 11.6. The number of hydrogen-bond acceptors (Lipinski definition) is 2. The van der Waals surface area contributed by atoms with Gasteiger partial charge in [0, 0.05) is 4.90 Å². The smallest absolute Gasteiger partial charge is 0.140 e. The van der Waals surface area contributed by atoms with Gasteiger partial charge in [-0.15, -0.1) is 11.8 Å². The fourth-order valence-corrected chi connectivity index (χ4v) is 2.02. The van der Waals surface area contributed by atoms with Crippen molar-refractivity contribution in [3.05, 3.63) is 28.5 Å². The van der Waals surface area contributed by atoms with E-state index in [-0.39, 0.29) is 11.6 Å². The van der Waals surface area contributed by atoms with Crippen molar-refractivity contribution in [3.63, 3.8) is 0 Å². The van der Waals surface area contributed by atoms with E-state index in [0.29, 0.717) is 10.2 Å². The van der Waals surface area contributed by atoms with Gasteiger partial charge in [-0.1, -0.05) is 0 Å². The Hall–Kier alpha value is -0.350. The van der Waals surface area contributed by atoms with Gasteiger partial charge in [-0.25, -0.2) is 4.39 Å². The van der Waals surface area contributed by atoms with E-state index in [4.69, 9.17) is 0 Å². The maximum Gasteiger partial charge on any atom is 0.140 e. The first kappa shape index (κ1) is 10.7. The van der Waals surface area contributed by atoms with E-state index < -0.39 is 0 Å². The van der Waals surface area contributed by atoms with Crippen molar-refractivity contribution < 1.29 is 9.18 Å². The van der Waals surface area contributed by atoms with E-state index in [1.54, 1.807) is 12.1 Å². The van der Waals surface area contributed by atoms with Crippen LogP contribution in [0.3, 0.4) is 0 Å². The molecule has 0 atom stereocenters. The van der Waals surface area contributed by atoms with Gasteiger partial charge in [0.05, 0.1) is 10.2 Å². The quantitative estimate of drug-likeness (QED) is 0.778. The standard InChI is InChI=1S/C9H8BrFOS/c1-6(12)5-13-7-2-3-9(11)8(10)4-7/h2-4H,5H2,1H3. The van der Waals surface area contributed by atoms with Crippen LogP contribution in [0.25, 0.3) is 0 Å². The van der Waals surface area contributed by atoms with Gasteiger partial charge in [0.25, 0.3) is 0 Å². The van der Waals surface area contributed by atoms with Crippen molar-refractivity contribution in [2.24, 2.45) is 0 Å². The van der Waals surface area contributed by atoms with Crippen LogP contribution < -0.4 is 0 Å². The van der Waals surface area contributed by atoms with Gasteiger partial charge in [0.2, 0.25) is 0 Å². The van der Waals surface area contributed by atoms with Crippen molar-refractivity contribution in [1.29, 1.82) is 0 Å². The SMILES string of the molecule is CC(=O)CSc1ccc(F)c(Br)c1. The third-order valence-electron chi connectivity index (χ3n) is 1.33. The van der Waals surface area contributed by atoms with Gasteiger partial charge < -0.3 is 0 Å². The van der Waals surface area contributed by atoms with Gasteiger partial charge in [0.1, 0.15) is 11.6 Å². The zero-order chi connectivity index (χ0) is 9.84. The van der Waals surface area contributed by atoms with E-state index in [2.05, 4.69) is 15.9 Å². The Morgan fingerprint density at radius 2 is 2.31 bits per heavy atom. The molecule has 0 aliphatic heterocycles. The third-order valence-corrected chi connectivity index (χ3v) is 3.08. The average molecular weight is 263 g/mol. The molecule has 70 valence electrons. The molecule has 0 aliphatic rings. The summed E-state index contributed by atoms with van der Waals surface area (Å²) >= 11 is 4.48. The number of halogens is 2. The van der Waals surface area contributed by atoms with Crippen LogP contribution in [-0.4, -0.2) is 11.5 Å². The first-order valence-corrected chi connectivity index (χ1v) is 5.45. The molecule has 1 aromatic rings. The summed E-state index contributed by atoms with van der Waals surface area (Å²) in [6.07, 6.45) is 0. The average Bonchev–Trinajstić information content (AvgIpc) is 2.07. The first-order chi connectivity index (χ1) is 6.09. The van der Waals surface area contributed by atoms with E-state index in [1.165, 1.54) is 24.8 Å². The highest BCUT2D eigenvalue weighted by molar-refractivity contribution is 9.10. The predicted molar refractivity (Wildman–Crippen MR) is 55.5 cm³/mol. The van der Waals surface area contributed by atoms with Crippen molar-refractivity contribution in [1.82, 2.24) is 0 Å². The van der Waals surface area contributed by atoms with E-state index in [9.17, 15) is 9.18 Å². The maximum absolute atomic E-state index is 12.8. The molecule has 0 bridgehead atoms. The summed E-state index contributed by atoms with van der Waals surface area (Å²) in [6.45, 7) is 1.53. The van der Waals surface area contributed by atoms with Crippen molar-refractivity contribution in [2.75, 3.05) is 5.75 Å². The molecule has 0 aliphatic carbocycles. The topological polar surface area (TPSA) is 17.1 Å². The normalized spacial score (nSPS) is 10.1. The zero-order valence-corrected chi connectivity index (χ0v) is 9.41. The van der Waals surface area contributed by atoms with Crippen LogP contribution in [0.1, 0.15) is 6.92 Å². The molecule has 0 saturated carbocycles. The number of benzene rings is 1. The molecule has 0 fully saturated rings. The van der Waals surface area contributed by atoms with Crippen molar-refractivity contribution in [2.45, 2.75) is 11.8 Å². The lowest BCUT2D eigenvalue weighted by Crippen LogP contribution is -1.92. The number of rotatable bonds is 3. The number of ketones is 1. The van der Waals surface area contributed by atoms with E-state index in [1.807, 2.05) is 0 Å². The largest absolute Gasteiger partial charge is 0.299 e. The first-order valence-electron chi connectivity index (χ1n) is 3.67. The minimum Gasteiger partial charge on any atom is -0.299 e. The molecule has 4 heteroatoms. The highest BCUT2D eigenvalue weighted by Crippen LogP contribution is 2.24. The van der Waals surface area contributed by atoms with Crippen LogP contribution in [0.4, 0.5) is 4.39 Å². The van der Waals surface area contributed by atoms with Gasteiger partial charge >= 0.3 is 0 Å². The second-order valence-electron chi connectivity index (χ2n) is 2.57. The Balaban J connectivity index is 2.68. The molecule has 0 saturated heterocycles. The molecule has 1 aromatic carbocycles. The van der Waals surface area contributed by atoms with E-state index >= 15 is 0 Å². The lowest BCUT2D eigenvalue weighted by atomic mass is 10.3. The Morgan fingerprint density at radius 1 is 1.62 bits per heavy atom. The van der Waals surface area contributed by atoms with Crippen LogP contribution in [0.15, 0.2) is 27.6 Å². The van der Waals surface area contributed by atoms with Gasteiger partial charge in [0.15, 0.2) is 0 Å². The summed E-state index contributed by atoms with van der Waals surface area (Å²) in [6, 6.07) is 4.71. The summed E-state index contributed by atoms with van der Waals surface area (Å²) in [5, 5.41) is 0. The molecule has 0 amide bonds. The molecule has 0 spiro atoms. The molecule has 1 nitrogen and oxygen atoms in total. The third kappa shape index (κ3) is 3.48. The van der Waals surface area contributed by atoms with Crippen LogP contribution in [-0.2, 0) is 4.79 Å². The van der Waals surface area contributed by atoms with Gasteiger partial charge in [-0.3, -0.25) is 4.79 Å². The number of thioether (sulfide) groups is 1. The Morgan fingerprint density at radius 3 is 2.85 bits per heavy atom. The monoisotopic (exact) mass is 262 g/mol. The molecule has 13 heavy (non-hydrogen) atoms. The summed E-state index contributed by atoms with van der Waals surface area (Å²) in [5.74, 6) is 0.260. The molecule has 0 radical (unpaired) electrons. The van der Waals surface area contributed by atoms with Crippen molar-refractivity contribution >= 4 is 33.5 Å². The second-order valence-corrected chi connectivity index (χ2v) is 4.47. The number of carbonyl (C=O) groups is 1. The summed E-state index contributed by atoms with van der Waals surface area (Å²) in [7, 11) is 0. The number of Topliss-reactive ketones (excluding diaryl/α,β-unsaturated/α-hetero) is 1. The highest BCUT2D eigenvalue weighted by atomic mass is 79.9. The zero-order valence-electron chi connectivity index (χ0n) is 7.01. The van der Waals surface area contributed by atoms with Crippen LogP contribution in [0.2, 0.25) is 0 Å². The van der Waals surface area contributed by atoms with Crippen molar-refractivity contribution in [3.8, 4) is 0 Å². The van der Waals surface area contributed by atoms with Crippen LogP contribution in [0, 0.1) is 5.82 Å². The Labute approximate surface area is 88.8 Å². The lowest BCUT2D eigenvalue weighted by molar-refractivity contribution is -0.114.